The second-order valence-electron chi connectivity index (χ2n) is 3.64. The molecule has 0 bridgehead atoms. The predicted molar refractivity (Wildman–Crippen MR) is 61.1 cm³/mol. The van der Waals surface area contributed by atoms with Crippen LogP contribution in [0, 0.1) is 20.2 Å². The van der Waals surface area contributed by atoms with E-state index in [9.17, 15) is 20.2 Å². The van der Waals surface area contributed by atoms with Crippen molar-refractivity contribution in [2.45, 2.75) is 0 Å². The van der Waals surface area contributed by atoms with Gasteiger partial charge in [-0.25, -0.2) is 4.57 Å². The molecule has 12 heteroatoms. The SMILES string of the molecule is CN(C)C1=Nc2nncn2C(=C([N+](=O)[O-])[N+](=O)[O-])N1. The van der Waals surface area contributed by atoms with Crippen LogP contribution in [0.5, 0.6) is 0 Å². The van der Waals surface area contributed by atoms with Crippen molar-refractivity contribution >= 4 is 17.7 Å². The van der Waals surface area contributed by atoms with Gasteiger partial charge in [-0.1, -0.05) is 0 Å². The van der Waals surface area contributed by atoms with Crippen molar-refractivity contribution in [2.24, 2.45) is 4.99 Å². The molecule has 0 saturated heterocycles. The van der Waals surface area contributed by atoms with Crippen LogP contribution < -0.4 is 5.32 Å². The van der Waals surface area contributed by atoms with E-state index < -0.39 is 15.7 Å². The van der Waals surface area contributed by atoms with Crippen LogP contribution in [0.3, 0.4) is 0 Å². The van der Waals surface area contributed by atoms with Gasteiger partial charge in [0, 0.05) is 14.1 Å². The largest absolute Gasteiger partial charge is 0.600 e. The van der Waals surface area contributed by atoms with Crippen LogP contribution >= 0.6 is 0 Å². The van der Waals surface area contributed by atoms with Crippen molar-refractivity contribution < 1.29 is 9.85 Å². The fourth-order valence-electron chi connectivity index (χ4n) is 1.37. The maximum absolute atomic E-state index is 10.8. The number of fused-ring (bicyclic) bond motifs is 1. The Balaban J connectivity index is 2.66. The summed E-state index contributed by atoms with van der Waals surface area (Å²) in [5.41, 5.74) is 0. The fraction of sp³-hybridized carbons (Fsp3) is 0.286. The minimum Gasteiger partial charge on any atom is -0.348 e. The molecule has 1 aliphatic heterocycles. The van der Waals surface area contributed by atoms with Crippen LogP contribution in [0.4, 0.5) is 5.95 Å². The van der Waals surface area contributed by atoms with Crippen LogP contribution in [0.15, 0.2) is 17.1 Å². The average Bonchev–Trinajstić information content (AvgIpc) is 2.75. The monoisotopic (exact) mass is 268 g/mol. The Labute approximate surface area is 105 Å². The van der Waals surface area contributed by atoms with Gasteiger partial charge in [0.05, 0.1) is 0 Å². The zero-order chi connectivity index (χ0) is 14.2. The first-order chi connectivity index (χ1) is 8.91. The molecule has 0 saturated carbocycles. The van der Waals surface area contributed by atoms with Gasteiger partial charge in [0.1, 0.15) is 16.2 Å². The van der Waals surface area contributed by atoms with Gasteiger partial charge < -0.3 is 4.90 Å². The van der Waals surface area contributed by atoms with Gasteiger partial charge in [0.15, 0.2) is 0 Å². The van der Waals surface area contributed by atoms with E-state index in [1.807, 2.05) is 0 Å². The maximum atomic E-state index is 10.8. The molecule has 0 spiro atoms. The molecule has 1 N–H and O–H groups in total. The van der Waals surface area contributed by atoms with Crippen LogP contribution in [-0.4, -0.2) is 49.6 Å². The van der Waals surface area contributed by atoms with E-state index in [0.29, 0.717) is 0 Å². The molecule has 0 aromatic carbocycles. The number of nitrogens with one attached hydrogen (secondary N) is 1. The maximum Gasteiger partial charge on any atom is 0.600 e. The summed E-state index contributed by atoms with van der Waals surface area (Å²) in [5, 5.41) is 31.3. The Bertz CT molecular complexity index is 598. The second kappa shape index (κ2) is 4.32. The van der Waals surface area contributed by atoms with Crippen molar-refractivity contribution in [3.8, 4) is 0 Å². The normalized spacial score (nSPS) is 13.2. The third kappa shape index (κ3) is 2.05. The lowest BCUT2D eigenvalue weighted by Gasteiger charge is -2.21. The number of guanidine groups is 1. The topological polar surface area (TPSA) is 145 Å². The summed E-state index contributed by atoms with van der Waals surface area (Å²) in [7, 11) is 3.24. The fourth-order valence-corrected chi connectivity index (χ4v) is 1.37. The molecule has 1 aliphatic rings. The second-order valence-corrected chi connectivity index (χ2v) is 3.64. The van der Waals surface area contributed by atoms with E-state index in [2.05, 4.69) is 20.5 Å². The standard InChI is InChI=1S/C7H8N8O4/c1-12(2)6-9-4(5(14(16)17)15(18)19)13-3-8-11-7(13)10-6/h3H,1-2H3,(H,9,10,11). The Hall–Kier alpha value is -3.05. The summed E-state index contributed by atoms with van der Waals surface area (Å²) in [6.45, 7) is 0. The lowest BCUT2D eigenvalue weighted by atomic mass is 10.5. The number of hydrogen-bond acceptors (Lipinski definition) is 9. The Morgan fingerprint density at radius 2 is 2.00 bits per heavy atom. The van der Waals surface area contributed by atoms with Gasteiger partial charge in [-0.2, -0.15) is 4.99 Å². The summed E-state index contributed by atoms with van der Waals surface area (Å²) in [4.78, 5) is 24.9. The zero-order valence-corrected chi connectivity index (χ0v) is 9.84. The first kappa shape index (κ1) is 12.4. The molecule has 0 aliphatic carbocycles. The minimum absolute atomic E-state index is 0.0126. The smallest absolute Gasteiger partial charge is 0.348 e. The summed E-state index contributed by atoms with van der Waals surface area (Å²) >= 11 is 0. The highest BCUT2D eigenvalue weighted by Gasteiger charge is 2.37. The molecular weight excluding hydrogens is 260 g/mol. The number of rotatable bonds is 2. The van der Waals surface area contributed by atoms with E-state index >= 15 is 0 Å². The molecule has 2 rings (SSSR count). The lowest BCUT2D eigenvalue weighted by molar-refractivity contribution is -0.615. The zero-order valence-electron chi connectivity index (χ0n) is 9.84. The molecule has 100 valence electrons. The number of aliphatic imine (C=N–C) groups is 1. The van der Waals surface area contributed by atoms with Gasteiger partial charge in [-0.05, 0) is 0 Å². The van der Waals surface area contributed by atoms with Gasteiger partial charge in [0.25, 0.3) is 11.8 Å². The Morgan fingerprint density at radius 3 is 2.53 bits per heavy atom. The van der Waals surface area contributed by atoms with Gasteiger partial charge in [-0.3, -0.25) is 25.5 Å². The number of nitro groups is 2. The van der Waals surface area contributed by atoms with Gasteiger partial charge >= 0.3 is 5.82 Å². The highest BCUT2D eigenvalue weighted by Crippen LogP contribution is 2.21. The highest BCUT2D eigenvalue weighted by atomic mass is 16.7. The lowest BCUT2D eigenvalue weighted by Crippen LogP contribution is -2.40. The quantitative estimate of drug-likeness (QED) is 0.534. The third-order valence-electron chi connectivity index (χ3n) is 2.19. The van der Waals surface area contributed by atoms with E-state index in [1.54, 1.807) is 14.1 Å². The predicted octanol–water partition coefficient (Wildman–Crippen LogP) is -0.933. The first-order valence-corrected chi connectivity index (χ1v) is 4.88. The number of hydrogen-bond donors (Lipinski definition) is 1. The van der Waals surface area contributed by atoms with Gasteiger partial charge in [-0.15, -0.1) is 10.2 Å². The number of aromatic nitrogens is 3. The molecular formula is C7H8N8O4. The third-order valence-corrected chi connectivity index (χ3v) is 2.19. The summed E-state index contributed by atoms with van der Waals surface area (Å²) in [6, 6.07) is 0. The summed E-state index contributed by atoms with van der Waals surface area (Å²) < 4.78 is 1.04. The highest BCUT2D eigenvalue weighted by molar-refractivity contribution is 5.89. The molecule has 0 radical (unpaired) electrons. The first-order valence-electron chi connectivity index (χ1n) is 4.88. The van der Waals surface area contributed by atoms with Crippen molar-refractivity contribution in [3.05, 3.63) is 32.4 Å². The average molecular weight is 268 g/mol. The van der Waals surface area contributed by atoms with E-state index in [0.717, 1.165) is 10.9 Å². The van der Waals surface area contributed by atoms with Crippen LogP contribution in [0.1, 0.15) is 0 Å². The van der Waals surface area contributed by atoms with Crippen molar-refractivity contribution in [1.29, 1.82) is 0 Å². The molecule has 19 heavy (non-hydrogen) atoms. The summed E-state index contributed by atoms with van der Waals surface area (Å²) in [5.74, 6) is -1.39. The molecule has 0 atom stereocenters. The minimum atomic E-state index is -1.21. The van der Waals surface area contributed by atoms with Crippen molar-refractivity contribution in [1.82, 2.24) is 25.0 Å². The Kier molecular flexibility index (Phi) is 2.82. The van der Waals surface area contributed by atoms with Gasteiger partial charge in [0.2, 0.25) is 5.96 Å². The van der Waals surface area contributed by atoms with Crippen molar-refractivity contribution in [2.75, 3.05) is 14.1 Å². The molecule has 2 heterocycles. The summed E-state index contributed by atoms with van der Waals surface area (Å²) in [6.07, 6.45) is 1.10. The molecule has 0 unspecified atom stereocenters. The van der Waals surface area contributed by atoms with E-state index in [4.69, 9.17) is 0 Å². The van der Waals surface area contributed by atoms with Crippen molar-refractivity contribution in [3.63, 3.8) is 0 Å². The molecule has 1 aromatic heterocycles. The van der Waals surface area contributed by atoms with Crippen LogP contribution in [0.25, 0.3) is 5.82 Å². The molecule has 0 amide bonds. The van der Waals surface area contributed by atoms with Crippen LogP contribution in [0.2, 0.25) is 0 Å². The molecule has 0 fully saturated rings. The van der Waals surface area contributed by atoms with E-state index in [-0.39, 0.29) is 17.7 Å². The van der Waals surface area contributed by atoms with E-state index in [1.165, 1.54) is 4.90 Å². The molecule has 1 aromatic rings. The number of nitrogens with zero attached hydrogens (tertiary/aromatic N) is 7. The Morgan fingerprint density at radius 1 is 1.37 bits per heavy atom. The van der Waals surface area contributed by atoms with Crippen LogP contribution in [-0.2, 0) is 0 Å². The molecule has 12 nitrogen and oxygen atoms in total.